The van der Waals surface area contributed by atoms with Crippen LogP contribution < -0.4 is 0 Å². The van der Waals surface area contributed by atoms with E-state index in [1.165, 1.54) is 7.11 Å². The number of esters is 1. The second-order valence-electron chi connectivity index (χ2n) is 4.15. The highest BCUT2D eigenvalue weighted by molar-refractivity contribution is 5.81. The van der Waals surface area contributed by atoms with Crippen LogP contribution in [0, 0.1) is 17.2 Å². The number of carbonyl (C=O) groups excluding carboxylic acids is 2. The van der Waals surface area contributed by atoms with Gasteiger partial charge >= 0.3 is 5.97 Å². The lowest BCUT2D eigenvalue weighted by atomic mass is 10.1. The van der Waals surface area contributed by atoms with Gasteiger partial charge in [0.05, 0.1) is 32.3 Å². The Morgan fingerprint density at radius 3 is 2.89 bits per heavy atom. The molecule has 0 saturated carbocycles. The van der Waals surface area contributed by atoms with Crippen molar-refractivity contribution < 1.29 is 19.1 Å². The summed E-state index contributed by atoms with van der Waals surface area (Å²) in [5.41, 5.74) is 0. The lowest BCUT2D eigenvalue weighted by Gasteiger charge is -2.33. The van der Waals surface area contributed by atoms with Gasteiger partial charge in [0, 0.05) is 13.1 Å². The number of amides is 1. The Hall–Kier alpha value is -1.61. The van der Waals surface area contributed by atoms with Gasteiger partial charge in [-0.3, -0.25) is 9.59 Å². The van der Waals surface area contributed by atoms with Crippen LogP contribution in [0.15, 0.2) is 0 Å². The van der Waals surface area contributed by atoms with Gasteiger partial charge < -0.3 is 14.4 Å². The molecule has 0 bridgehead atoms. The predicted octanol–water partition coefficient (Wildman–Crippen LogP) is 0.327. The summed E-state index contributed by atoms with van der Waals surface area (Å²) in [6.07, 6.45) is 0.282. The number of morpholine rings is 1. The van der Waals surface area contributed by atoms with E-state index in [1.54, 1.807) is 11.8 Å². The fraction of sp³-hybridized carbons (Fsp3) is 0.750. The van der Waals surface area contributed by atoms with E-state index in [1.807, 2.05) is 6.07 Å². The first-order chi connectivity index (χ1) is 8.62. The van der Waals surface area contributed by atoms with Crippen LogP contribution in [0.5, 0.6) is 0 Å². The van der Waals surface area contributed by atoms with Crippen LogP contribution in [0.4, 0.5) is 0 Å². The Bertz CT molecular complexity index is 350. The first kappa shape index (κ1) is 14.5. The minimum atomic E-state index is -0.609. The highest BCUT2D eigenvalue weighted by Crippen LogP contribution is 2.14. The number of ether oxygens (including phenoxy) is 2. The minimum absolute atomic E-state index is 0.129. The Kier molecular flexibility index (Phi) is 5.59. The molecule has 1 aliphatic heterocycles. The molecule has 6 heteroatoms. The molecule has 100 valence electrons. The number of hydrogen-bond donors (Lipinski definition) is 0. The normalized spacial score (nSPS) is 20.9. The third-order valence-electron chi connectivity index (χ3n) is 2.93. The van der Waals surface area contributed by atoms with Crippen LogP contribution in [0.3, 0.4) is 0 Å². The molecule has 2 unspecified atom stereocenters. The number of nitrogens with zero attached hydrogens (tertiary/aromatic N) is 2. The monoisotopic (exact) mass is 254 g/mol. The number of nitriles is 1. The molecule has 18 heavy (non-hydrogen) atoms. The van der Waals surface area contributed by atoms with Crippen LogP contribution in [0.2, 0.25) is 0 Å². The topological polar surface area (TPSA) is 79.6 Å². The van der Waals surface area contributed by atoms with E-state index < -0.39 is 5.92 Å². The molecule has 1 heterocycles. The summed E-state index contributed by atoms with van der Waals surface area (Å²) in [7, 11) is 1.32. The standard InChI is InChI=1S/C12H18N2O4/c1-3-9(7-13)12(16)14-4-5-18-10(8-14)6-11(15)17-2/h9-10H,3-6,8H2,1-2H3. The SMILES string of the molecule is CCC(C#N)C(=O)N1CCOC(CC(=O)OC)C1. The first-order valence-electron chi connectivity index (χ1n) is 5.99. The number of rotatable bonds is 4. The third-order valence-corrected chi connectivity index (χ3v) is 2.93. The van der Waals surface area contributed by atoms with Crippen molar-refractivity contribution in [3.8, 4) is 6.07 Å². The zero-order valence-corrected chi connectivity index (χ0v) is 10.7. The molecule has 1 amide bonds. The van der Waals surface area contributed by atoms with Crippen molar-refractivity contribution >= 4 is 11.9 Å². The molecule has 0 aromatic carbocycles. The summed E-state index contributed by atoms with van der Waals surface area (Å²) in [5.74, 6) is -1.15. The van der Waals surface area contributed by atoms with E-state index in [0.717, 1.165) is 0 Å². The molecular formula is C12H18N2O4. The minimum Gasteiger partial charge on any atom is -0.469 e. The average molecular weight is 254 g/mol. The largest absolute Gasteiger partial charge is 0.469 e. The lowest BCUT2D eigenvalue weighted by molar-refractivity contribution is -0.150. The zero-order valence-electron chi connectivity index (χ0n) is 10.7. The van der Waals surface area contributed by atoms with Gasteiger partial charge in [-0.15, -0.1) is 0 Å². The number of carbonyl (C=O) groups is 2. The van der Waals surface area contributed by atoms with Gasteiger partial charge in [0.25, 0.3) is 0 Å². The fourth-order valence-electron chi connectivity index (χ4n) is 1.85. The van der Waals surface area contributed by atoms with E-state index in [9.17, 15) is 9.59 Å². The molecule has 0 radical (unpaired) electrons. The van der Waals surface area contributed by atoms with E-state index in [-0.39, 0.29) is 24.4 Å². The van der Waals surface area contributed by atoms with Crippen LogP contribution in [0.25, 0.3) is 0 Å². The summed E-state index contributed by atoms with van der Waals surface area (Å²) in [6.45, 7) is 2.99. The van der Waals surface area contributed by atoms with Crippen molar-refractivity contribution in [3.05, 3.63) is 0 Å². The van der Waals surface area contributed by atoms with Gasteiger partial charge in [-0.2, -0.15) is 5.26 Å². The fourth-order valence-corrected chi connectivity index (χ4v) is 1.85. The summed E-state index contributed by atoms with van der Waals surface area (Å²) >= 11 is 0. The smallest absolute Gasteiger partial charge is 0.308 e. The number of methoxy groups -OCH3 is 1. The van der Waals surface area contributed by atoms with Crippen molar-refractivity contribution in [2.75, 3.05) is 26.8 Å². The van der Waals surface area contributed by atoms with Crippen molar-refractivity contribution in [2.24, 2.45) is 5.92 Å². The highest BCUT2D eigenvalue weighted by atomic mass is 16.5. The molecule has 1 rings (SSSR count). The molecule has 0 aromatic heterocycles. The quantitative estimate of drug-likeness (QED) is 0.675. The molecule has 1 fully saturated rings. The van der Waals surface area contributed by atoms with E-state index in [2.05, 4.69) is 4.74 Å². The summed E-state index contributed by atoms with van der Waals surface area (Å²) in [5, 5.41) is 8.87. The van der Waals surface area contributed by atoms with Crippen molar-refractivity contribution in [1.82, 2.24) is 4.90 Å². The molecule has 6 nitrogen and oxygen atoms in total. The van der Waals surface area contributed by atoms with Crippen LogP contribution in [-0.2, 0) is 19.1 Å². The van der Waals surface area contributed by atoms with Crippen molar-refractivity contribution in [3.63, 3.8) is 0 Å². The Balaban J connectivity index is 2.56. The molecule has 1 aliphatic rings. The molecule has 0 aliphatic carbocycles. The molecule has 1 saturated heterocycles. The summed E-state index contributed by atoms with van der Waals surface area (Å²) in [4.78, 5) is 24.7. The second-order valence-corrected chi connectivity index (χ2v) is 4.15. The number of hydrogen-bond acceptors (Lipinski definition) is 5. The van der Waals surface area contributed by atoms with E-state index >= 15 is 0 Å². The Labute approximate surface area is 106 Å². The van der Waals surface area contributed by atoms with E-state index in [0.29, 0.717) is 26.1 Å². The molecule has 0 aromatic rings. The predicted molar refractivity (Wildman–Crippen MR) is 62.3 cm³/mol. The Morgan fingerprint density at radius 2 is 2.33 bits per heavy atom. The average Bonchev–Trinajstić information content (AvgIpc) is 2.40. The van der Waals surface area contributed by atoms with Crippen molar-refractivity contribution in [1.29, 1.82) is 5.26 Å². The molecule has 2 atom stereocenters. The van der Waals surface area contributed by atoms with Crippen LogP contribution in [0.1, 0.15) is 19.8 Å². The van der Waals surface area contributed by atoms with Gasteiger partial charge in [-0.25, -0.2) is 0 Å². The van der Waals surface area contributed by atoms with Gasteiger partial charge in [-0.1, -0.05) is 6.92 Å². The maximum atomic E-state index is 12.0. The van der Waals surface area contributed by atoms with Crippen molar-refractivity contribution in [2.45, 2.75) is 25.9 Å². The maximum Gasteiger partial charge on any atom is 0.308 e. The summed E-state index contributed by atoms with van der Waals surface area (Å²) < 4.78 is 9.96. The van der Waals surface area contributed by atoms with Crippen LogP contribution in [-0.4, -0.2) is 49.7 Å². The lowest BCUT2D eigenvalue weighted by Crippen LogP contribution is -2.48. The van der Waals surface area contributed by atoms with Gasteiger partial charge in [-0.05, 0) is 6.42 Å². The first-order valence-corrected chi connectivity index (χ1v) is 5.99. The van der Waals surface area contributed by atoms with E-state index in [4.69, 9.17) is 10.00 Å². The summed E-state index contributed by atoms with van der Waals surface area (Å²) in [6, 6.07) is 1.99. The third kappa shape index (κ3) is 3.70. The van der Waals surface area contributed by atoms with Gasteiger partial charge in [0.1, 0.15) is 5.92 Å². The van der Waals surface area contributed by atoms with Crippen LogP contribution >= 0.6 is 0 Å². The molecular weight excluding hydrogens is 236 g/mol. The maximum absolute atomic E-state index is 12.0. The Morgan fingerprint density at radius 1 is 1.61 bits per heavy atom. The van der Waals surface area contributed by atoms with Gasteiger partial charge in [0.15, 0.2) is 0 Å². The zero-order chi connectivity index (χ0) is 13.5. The van der Waals surface area contributed by atoms with Gasteiger partial charge in [0.2, 0.25) is 5.91 Å². The molecule has 0 spiro atoms. The highest BCUT2D eigenvalue weighted by Gasteiger charge is 2.29. The second kappa shape index (κ2) is 6.97. The molecule has 0 N–H and O–H groups in total.